The van der Waals surface area contributed by atoms with Crippen LogP contribution in [-0.2, 0) is 0 Å². The van der Waals surface area contributed by atoms with Crippen LogP contribution in [0.4, 0.5) is 0 Å². The van der Waals surface area contributed by atoms with Crippen LogP contribution >= 0.6 is 0 Å². The third-order valence-electron chi connectivity index (χ3n) is 1.32. The molecule has 0 saturated carbocycles. The summed E-state index contributed by atoms with van der Waals surface area (Å²) in [5, 5.41) is 34.7. The topological polar surface area (TPSA) is 80.9 Å². The van der Waals surface area contributed by atoms with Gasteiger partial charge in [0, 0.05) is 0 Å². The van der Waals surface area contributed by atoms with Crippen molar-refractivity contribution >= 4 is 0 Å². The molecule has 0 bridgehead atoms. The molecule has 0 amide bonds. The van der Waals surface area contributed by atoms with Gasteiger partial charge in [-0.25, -0.2) is 0 Å². The van der Waals surface area contributed by atoms with Gasteiger partial charge in [-0.3, -0.25) is 0 Å². The summed E-state index contributed by atoms with van der Waals surface area (Å²) in [6.45, 7) is 2.11. The summed E-state index contributed by atoms with van der Waals surface area (Å²) in [6.07, 6.45) is -3.31. The molecule has 4 N–H and O–H groups in total. The molecular formula is C6H13O4. The fourth-order valence-electron chi connectivity index (χ4n) is 0.557. The minimum absolute atomic E-state index is 0.339. The molecule has 0 aromatic carbocycles. The molecule has 0 aliphatic rings. The normalized spacial score (nSPS) is 20.1. The molecule has 1 radical (unpaired) electrons. The van der Waals surface area contributed by atoms with E-state index in [2.05, 4.69) is 0 Å². The third-order valence-corrected chi connectivity index (χ3v) is 1.32. The molecule has 0 rings (SSSR count). The molecule has 0 saturated heterocycles. The van der Waals surface area contributed by atoms with E-state index in [1.165, 1.54) is 0 Å². The largest absolute Gasteiger partial charge is 0.390 e. The smallest absolute Gasteiger partial charge is 0.111 e. The van der Waals surface area contributed by atoms with Crippen molar-refractivity contribution in [2.45, 2.75) is 31.7 Å². The Balaban J connectivity index is 3.69. The molecule has 3 unspecified atom stereocenters. The summed E-state index contributed by atoms with van der Waals surface area (Å²) in [5.74, 6) is 0. The fraction of sp³-hybridized carbons (Fsp3) is 0.833. The first kappa shape index (κ1) is 9.84. The lowest BCUT2D eigenvalue weighted by atomic mass is 10.1. The standard InChI is InChI=1S/C6H13O4/c1-2-4(8)6(10)5(9)3-7/h3-10H,2H2,1H3. The van der Waals surface area contributed by atoms with E-state index in [4.69, 9.17) is 20.4 Å². The summed E-state index contributed by atoms with van der Waals surface area (Å²) in [7, 11) is 0. The van der Waals surface area contributed by atoms with E-state index in [0.717, 1.165) is 0 Å². The van der Waals surface area contributed by atoms with Crippen LogP contribution in [0, 0.1) is 6.61 Å². The summed E-state index contributed by atoms with van der Waals surface area (Å²) in [6, 6.07) is 0. The number of hydrogen-bond acceptors (Lipinski definition) is 4. The van der Waals surface area contributed by atoms with E-state index in [9.17, 15) is 0 Å². The number of rotatable bonds is 4. The number of aliphatic hydroxyl groups excluding tert-OH is 4. The van der Waals surface area contributed by atoms with Crippen molar-refractivity contribution in [3.8, 4) is 0 Å². The van der Waals surface area contributed by atoms with Crippen LogP contribution in [-0.4, -0.2) is 38.7 Å². The van der Waals surface area contributed by atoms with E-state index in [1.54, 1.807) is 6.92 Å². The Kier molecular flexibility index (Phi) is 4.55. The molecule has 4 nitrogen and oxygen atoms in total. The molecule has 61 valence electrons. The Morgan fingerprint density at radius 1 is 1.30 bits per heavy atom. The van der Waals surface area contributed by atoms with Crippen LogP contribution in [0.5, 0.6) is 0 Å². The van der Waals surface area contributed by atoms with Gasteiger partial charge in [-0.05, 0) is 6.42 Å². The lowest BCUT2D eigenvalue weighted by Gasteiger charge is -2.19. The monoisotopic (exact) mass is 149 g/mol. The Labute approximate surface area is 59.7 Å². The lowest BCUT2D eigenvalue weighted by molar-refractivity contribution is -0.0606. The number of hydrogen-bond donors (Lipinski definition) is 4. The van der Waals surface area contributed by atoms with Gasteiger partial charge in [-0.1, -0.05) is 6.92 Å². The van der Waals surface area contributed by atoms with Crippen molar-refractivity contribution in [2.24, 2.45) is 0 Å². The molecule has 10 heavy (non-hydrogen) atoms. The predicted molar refractivity (Wildman–Crippen MR) is 34.5 cm³/mol. The molecule has 0 aromatic rings. The maximum Gasteiger partial charge on any atom is 0.111 e. The highest BCUT2D eigenvalue weighted by atomic mass is 16.4. The van der Waals surface area contributed by atoms with E-state index in [0.29, 0.717) is 13.0 Å². The Hall–Kier alpha value is -0.160. The second kappa shape index (κ2) is 4.62. The quantitative estimate of drug-likeness (QED) is 0.414. The molecule has 0 aromatic heterocycles. The van der Waals surface area contributed by atoms with Crippen LogP contribution in [0.1, 0.15) is 13.3 Å². The van der Waals surface area contributed by atoms with E-state index < -0.39 is 18.3 Å². The summed E-state index contributed by atoms with van der Waals surface area (Å²) < 4.78 is 0. The van der Waals surface area contributed by atoms with Crippen molar-refractivity contribution in [2.75, 3.05) is 0 Å². The first-order valence-electron chi connectivity index (χ1n) is 3.15. The first-order valence-corrected chi connectivity index (χ1v) is 3.15. The first-order chi connectivity index (χ1) is 4.63. The fourth-order valence-corrected chi connectivity index (χ4v) is 0.557. The molecule has 4 heteroatoms. The second-order valence-electron chi connectivity index (χ2n) is 2.11. The molecular weight excluding hydrogens is 136 g/mol. The zero-order valence-electron chi connectivity index (χ0n) is 5.81. The van der Waals surface area contributed by atoms with Gasteiger partial charge >= 0.3 is 0 Å². The third kappa shape index (κ3) is 2.62. The average molecular weight is 149 g/mol. The van der Waals surface area contributed by atoms with Gasteiger partial charge in [0.25, 0.3) is 0 Å². The van der Waals surface area contributed by atoms with E-state index in [1.807, 2.05) is 0 Å². The molecule has 0 spiro atoms. The van der Waals surface area contributed by atoms with Crippen LogP contribution in [0.2, 0.25) is 0 Å². The zero-order chi connectivity index (χ0) is 8.15. The molecule has 0 heterocycles. The zero-order valence-corrected chi connectivity index (χ0v) is 5.81. The van der Waals surface area contributed by atoms with Gasteiger partial charge in [0.05, 0.1) is 6.10 Å². The van der Waals surface area contributed by atoms with Crippen molar-refractivity contribution in [1.82, 2.24) is 0 Å². The predicted octanol–water partition coefficient (Wildman–Crippen LogP) is -0.987. The Morgan fingerprint density at radius 3 is 2.10 bits per heavy atom. The van der Waals surface area contributed by atoms with Crippen LogP contribution in [0.15, 0.2) is 0 Å². The number of aliphatic hydroxyl groups is 4. The van der Waals surface area contributed by atoms with Gasteiger partial charge in [0.15, 0.2) is 0 Å². The molecule has 0 aliphatic carbocycles. The summed E-state index contributed by atoms with van der Waals surface area (Å²) in [5.41, 5.74) is 0. The van der Waals surface area contributed by atoms with Crippen molar-refractivity contribution in [3.63, 3.8) is 0 Å². The Morgan fingerprint density at radius 2 is 1.80 bits per heavy atom. The molecule has 3 atom stereocenters. The minimum atomic E-state index is -1.37. The average Bonchev–Trinajstić information content (AvgIpc) is 2.00. The highest BCUT2D eigenvalue weighted by Gasteiger charge is 2.22. The summed E-state index contributed by atoms with van der Waals surface area (Å²) >= 11 is 0. The van der Waals surface area contributed by atoms with Gasteiger partial charge in [0.1, 0.15) is 18.8 Å². The van der Waals surface area contributed by atoms with Gasteiger partial charge in [0.2, 0.25) is 0 Å². The van der Waals surface area contributed by atoms with E-state index >= 15 is 0 Å². The highest BCUT2D eigenvalue weighted by Crippen LogP contribution is 2.04. The Bertz CT molecular complexity index is 75.8. The SMILES string of the molecule is CCC(O)C(O)C(O)[CH]O. The summed E-state index contributed by atoms with van der Waals surface area (Å²) in [4.78, 5) is 0. The highest BCUT2D eigenvalue weighted by molar-refractivity contribution is 4.78. The van der Waals surface area contributed by atoms with Crippen molar-refractivity contribution < 1.29 is 20.4 Å². The van der Waals surface area contributed by atoms with Gasteiger partial charge < -0.3 is 20.4 Å². The second-order valence-corrected chi connectivity index (χ2v) is 2.11. The van der Waals surface area contributed by atoms with Gasteiger partial charge in [-0.15, -0.1) is 0 Å². The molecule has 0 aliphatic heterocycles. The maximum atomic E-state index is 8.89. The minimum Gasteiger partial charge on any atom is -0.390 e. The molecule has 0 fully saturated rings. The van der Waals surface area contributed by atoms with Gasteiger partial charge in [-0.2, -0.15) is 0 Å². The lowest BCUT2D eigenvalue weighted by Crippen LogP contribution is -2.37. The maximum absolute atomic E-state index is 8.89. The van der Waals surface area contributed by atoms with E-state index in [-0.39, 0.29) is 0 Å². The van der Waals surface area contributed by atoms with Crippen LogP contribution in [0.3, 0.4) is 0 Å². The van der Waals surface area contributed by atoms with Crippen LogP contribution < -0.4 is 0 Å². The van der Waals surface area contributed by atoms with Crippen LogP contribution in [0.25, 0.3) is 0 Å². The van der Waals surface area contributed by atoms with Crippen molar-refractivity contribution in [1.29, 1.82) is 0 Å². The van der Waals surface area contributed by atoms with Crippen molar-refractivity contribution in [3.05, 3.63) is 6.61 Å².